The molecule has 0 radical (unpaired) electrons. The van der Waals surface area contributed by atoms with Crippen molar-refractivity contribution in [1.29, 1.82) is 0 Å². The molecule has 4 atom stereocenters. The van der Waals surface area contributed by atoms with Gasteiger partial charge in [0, 0.05) is 10.3 Å². The van der Waals surface area contributed by atoms with Gasteiger partial charge >= 0.3 is 5.97 Å². The zero-order valence-corrected chi connectivity index (χ0v) is 13.0. The predicted octanol–water partition coefficient (Wildman–Crippen LogP) is 1.56. The summed E-state index contributed by atoms with van der Waals surface area (Å²) < 4.78 is 0. The lowest BCUT2D eigenvalue weighted by Gasteiger charge is -2.26. The summed E-state index contributed by atoms with van der Waals surface area (Å²) in [5.74, 6) is -2.64. The Hall–Kier alpha value is -1.89. The standard InChI is InChI=1S/C15H18N2O4S/c1-7-4-10(6-22-7)13(18)16-17-14(19)11-8-2-3-9(5-8)12(11)15(20)21/h4,6,8-9,11-12H,2-3,5H2,1H3,(H,16,18)(H,17,19)(H,20,21)/t8-,9-,11+,12-/m0/s1. The Morgan fingerprint density at radius 2 is 1.86 bits per heavy atom. The molecule has 1 aromatic heterocycles. The molecular formula is C15H18N2O4S. The molecule has 7 heteroatoms. The molecule has 0 spiro atoms. The van der Waals surface area contributed by atoms with E-state index in [-0.39, 0.29) is 23.7 Å². The van der Waals surface area contributed by atoms with Crippen molar-refractivity contribution in [2.75, 3.05) is 0 Å². The fraction of sp³-hybridized carbons (Fsp3) is 0.533. The van der Waals surface area contributed by atoms with Gasteiger partial charge in [0.15, 0.2) is 0 Å². The van der Waals surface area contributed by atoms with E-state index in [0.717, 1.165) is 24.1 Å². The molecule has 22 heavy (non-hydrogen) atoms. The first-order chi connectivity index (χ1) is 10.5. The molecule has 2 aliphatic rings. The van der Waals surface area contributed by atoms with Crippen LogP contribution in [-0.4, -0.2) is 22.9 Å². The molecule has 1 heterocycles. The molecule has 2 fully saturated rings. The van der Waals surface area contributed by atoms with Crippen LogP contribution in [0.15, 0.2) is 11.4 Å². The number of fused-ring (bicyclic) bond motifs is 2. The first kappa shape index (κ1) is 15.0. The van der Waals surface area contributed by atoms with Crippen molar-refractivity contribution in [3.63, 3.8) is 0 Å². The summed E-state index contributed by atoms with van der Waals surface area (Å²) in [6.07, 6.45) is 2.57. The minimum atomic E-state index is -0.910. The second-order valence-electron chi connectivity index (χ2n) is 6.11. The molecule has 2 aliphatic carbocycles. The lowest BCUT2D eigenvalue weighted by molar-refractivity contribution is -0.149. The molecule has 6 nitrogen and oxygen atoms in total. The fourth-order valence-corrected chi connectivity index (χ4v) is 4.54. The fourth-order valence-electron chi connectivity index (χ4n) is 3.86. The van der Waals surface area contributed by atoms with Crippen LogP contribution in [0.2, 0.25) is 0 Å². The van der Waals surface area contributed by atoms with E-state index in [0.29, 0.717) is 5.56 Å². The van der Waals surface area contributed by atoms with E-state index >= 15 is 0 Å². The first-order valence-corrected chi connectivity index (χ1v) is 8.23. The van der Waals surface area contributed by atoms with E-state index in [1.807, 2.05) is 6.92 Å². The average molecular weight is 322 g/mol. The van der Waals surface area contributed by atoms with Crippen LogP contribution < -0.4 is 10.9 Å². The Balaban J connectivity index is 1.62. The van der Waals surface area contributed by atoms with Crippen molar-refractivity contribution in [2.45, 2.75) is 26.2 Å². The van der Waals surface area contributed by atoms with E-state index in [2.05, 4.69) is 10.9 Å². The van der Waals surface area contributed by atoms with Gasteiger partial charge in [-0.2, -0.15) is 0 Å². The third-order valence-corrected chi connectivity index (χ3v) is 5.66. The van der Waals surface area contributed by atoms with Crippen LogP contribution >= 0.6 is 11.3 Å². The van der Waals surface area contributed by atoms with E-state index in [4.69, 9.17) is 0 Å². The van der Waals surface area contributed by atoms with Crippen molar-refractivity contribution in [3.05, 3.63) is 21.9 Å². The normalized spacial score (nSPS) is 29.3. The second kappa shape index (κ2) is 5.72. The van der Waals surface area contributed by atoms with Gasteiger partial charge in [-0.1, -0.05) is 0 Å². The first-order valence-electron chi connectivity index (χ1n) is 7.35. The average Bonchev–Trinajstić information content (AvgIpc) is 3.18. The maximum Gasteiger partial charge on any atom is 0.307 e. The SMILES string of the molecule is Cc1cc(C(=O)NNC(=O)[C@@H]2[C@H]3CC[C@@H](C3)[C@@H]2C(=O)O)cs1. The monoisotopic (exact) mass is 322 g/mol. The second-order valence-corrected chi connectivity index (χ2v) is 7.23. The summed E-state index contributed by atoms with van der Waals surface area (Å²) in [7, 11) is 0. The highest BCUT2D eigenvalue weighted by Crippen LogP contribution is 2.52. The number of thiophene rings is 1. The van der Waals surface area contributed by atoms with E-state index < -0.39 is 17.8 Å². The van der Waals surface area contributed by atoms with Gasteiger partial charge in [-0.3, -0.25) is 25.2 Å². The highest BCUT2D eigenvalue weighted by molar-refractivity contribution is 7.10. The highest BCUT2D eigenvalue weighted by Gasteiger charge is 2.54. The number of hydrazine groups is 1. The van der Waals surface area contributed by atoms with Crippen molar-refractivity contribution >= 4 is 29.1 Å². The van der Waals surface area contributed by atoms with Crippen LogP contribution in [0.1, 0.15) is 34.5 Å². The summed E-state index contributed by atoms with van der Waals surface area (Å²) in [4.78, 5) is 36.6. The van der Waals surface area contributed by atoms with Gasteiger partial charge in [-0.25, -0.2) is 0 Å². The zero-order chi connectivity index (χ0) is 15.9. The van der Waals surface area contributed by atoms with Crippen LogP contribution in [-0.2, 0) is 9.59 Å². The van der Waals surface area contributed by atoms with E-state index in [1.165, 1.54) is 11.3 Å². The molecule has 2 amide bonds. The van der Waals surface area contributed by atoms with Gasteiger partial charge in [-0.05, 0) is 44.1 Å². The number of rotatable bonds is 3. The number of carbonyl (C=O) groups is 3. The smallest absolute Gasteiger partial charge is 0.307 e. The number of carbonyl (C=O) groups excluding carboxylic acids is 2. The number of carboxylic acids is 1. The minimum absolute atomic E-state index is 0.0912. The Bertz CT molecular complexity index is 627. The number of hydrogen-bond acceptors (Lipinski definition) is 4. The van der Waals surface area contributed by atoms with Crippen molar-refractivity contribution < 1.29 is 19.5 Å². The minimum Gasteiger partial charge on any atom is -0.481 e. The van der Waals surface area contributed by atoms with Crippen LogP contribution in [0.3, 0.4) is 0 Å². The Labute approximate surface area is 131 Å². The molecule has 0 aromatic carbocycles. The summed E-state index contributed by atoms with van der Waals surface area (Å²) in [6.45, 7) is 1.90. The Morgan fingerprint density at radius 3 is 2.45 bits per heavy atom. The number of aliphatic carboxylic acids is 1. The molecular weight excluding hydrogens is 304 g/mol. The van der Waals surface area contributed by atoms with Crippen LogP contribution in [0.5, 0.6) is 0 Å². The van der Waals surface area contributed by atoms with Crippen molar-refractivity contribution in [1.82, 2.24) is 10.9 Å². The van der Waals surface area contributed by atoms with Gasteiger partial charge in [0.1, 0.15) is 0 Å². The summed E-state index contributed by atoms with van der Waals surface area (Å²) in [6, 6.07) is 1.74. The van der Waals surface area contributed by atoms with Gasteiger partial charge in [0.05, 0.1) is 17.4 Å². The number of carboxylic acid groups (broad SMARTS) is 1. The number of amides is 2. The van der Waals surface area contributed by atoms with E-state index in [1.54, 1.807) is 11.4 Å². The van der Waals surface area contributed by atoms with Crippen LogP contribution in [0.25, 0.3) is 0 Å². The number of hydrogen-bond donors (Lipinski definition) is 3. The van der Waals surface area contributed by atoms with E-state index in [9.17, 15) is 19.5 Å². The molecule has 3 N–H and O–H groups in total. The third-order valence-electron chi connectivity index (χ3n) is 4.80. The Morgan fingerprint density at radius 1 is 1.18 bits per heavy atom. The molecule has 3 rings (SSSR count). The summed E-state index contributed by atoms with van der Waals surface area (Å²) in [5, 5.41) is 11.1. The lowest BCUT2D eigenvalue weighted by atomic mass is 9.79. The van der Waals surface area contributed by atoms with Gasteiger partial charge in [0.2, 0.25) is 5.91 Å². The molecule has 0 saturated heterocycles. The Kier molecular flexibility index (Phi) is 3.90. The summed E-state index contributed by atoms with van der Waals surface area (Å²) >= 11 is 1.46. The lowest BCUT2D eigenvalue weighted by Crippen LogP contribution is -2.48. The zero-order valence-electron chi connectivity index (χ0n) is 12.2. The van der Waals surface area contributed by atoms with Gasteiger partial charge in [0.25, 0.3) is 5.91 Å². The molecule has 0 unspecified atom stereocenters. The van der Waals surface area contributed by atoms with Gasteiger partial charge in [-0.15, -0.1) is 11.3 Å². The molecule has 2 saturated carbocycles. The highest BCUT2D eigenvalue weighted by atomic mass is 32.1. The molecule has 2 bridgehead atoms. The summed E-state index contributed by atoms with van der Waals surface area (Å²) in [5.41, 5.74) is 5.28. The number of nitrogens with one attached hydrogen (secondary N) is 2. The third kappa shape index (κ3) is 2.61. The quantitative estimate of drug-likeness (QED) is 0.736. The molecule has 1 aromatic rings. The predicted molar refractivity (Wildman–Crippen MR) is 80.1 cm³/mol. The number of aryl methyl sites for hydroxylation is 1. The molecule has 0 aliphatic heterocycles. The van der Waals surface area contributed by atoms with Crippen molar-refractivity contribution in [2.24, 2.45) is 23.7 Å². The maximum absolute atomic E-state index is 12.3. The van der Waals surface area contributed by atoms with Crippen molar-refractivity contribution in [3.8, 4) is 0 Å². The van der Waals surface area contributed by atoms with Gasteiger partial charge < -0.3 is 5.11 Å². The topological polar surface area (TPSA) is 95.5 Å². The largest absolute Gasteiger partial charge is 0.481 e. The van der Waals surface area contributed by atoms with Crippen LogP contribution in [0, 0.1) is 30.6 Å². The van der Waals surface area contributed by atoms with Crippen LogP contribution in [0.4, 0.5) is 0 Å². The maximum atomic E-state index is 12.3. The molecule has 118 valence electrons.